The van der Waals surface area contributed by atoms with Crippen LogP contribution in [0.4, 0.5) is 5.69 Å². The van der Waals surface area contributed by atoms with Crippen molar-refractivity contribution in [1.82, 2.24) is 4.90 Å². The smallest absolute Gasteiger partial charge is 0.238 e. The van der Waals surface area contributed by atoms with Gasteiger partial charge in [0.2, 0.25) is 5.91 Å². The Morgan fingerprint density at radius 1 is 1.20 bits per heavy atom. The number of carbonyl (C=O) groups excluding carboxylic acids is 1. The molecule has 0 bridgehead atoms. The predicted octanol–water partition coefficient (Wildman–Crippen LogP) is 4.53. The summed E-state index contributed by atoms with van der Waals surface area (Å²) in [5.74, 6) is 0.842. The minimum atomic E-state index is -0.0170. The van der Waals surface area contributed by atoms with E-state index in [0.29, 0.717) is 6.54 Å². The molecule has 25 heavy (non-hydrogen) atoms. The molecule has 1 amide bonds. The van der Waals surface area contributed by atoms with Gasteiger partial charge in [0.25, 0.3) is 0 Å². The Morgan fingerprint density at radius 3 is 2.60 bits per heavy atom. The Hall–Kier alpha value is -1.37. The highest BCUT2D eigenvalue weighted by Crippen LogP contribution is 2.32. The van der Waals surface area contributed by atoms with Gasteiger partial charge in [0.15, 0.2) is 0 Å². The molecule has 1 aliphatic rings. The molecule has 4 nitrogen and oxygen atoms in total. The number of ether oxygens (including phenoxy) is 1. The number of fused-ring (bicyclic) bond motifs is 1. The van der Waals surface area contributed by atoms with E-state index in [1.54, 1.807) is 7.11 Å². The van der Waals surface area contributed by atoms with Crippen LogP contribution >= 0.6 is 31.9 Å². The van der Waals surface area contributed by atoms with Crippen molar-refractivity contribution in [2.45, 2.75) is 19.9 Å². The molecule has 1 heterocycles. The number of nitrogens with one attached hydrogen (secondary N) is 1. The molecule has 0 aliphatic carbocycles. The fraction of sp³-hybridized carbons (Fsp3) is 0.316. The third-order valence-electron chi connectivity index (χ3n) is 4.32. The maximum absolute atomic E-state index is 12.5. The molecule has 0 spiro atoms. The monoisotopic (exact) mass is 466 g/mol. The Kier molecular flexibility index (Phi) is 5.81. The summed E-state index contributed by atoms with van der Waals surface area (Å²) in [6.07, 6.45) is 0.949. The molecule has 0 radical (unpaired) electrons. The minimum Gasteiger partial charge on any atom is -0.497 e. The van der Waals surface area contributed by atoms with Crippen LogP contribution in [-0.4, -0.2) is 31.0 Å². The summed E-state index contributed by atoms with van der Waals surface area (Å²) in [4.78, 5) is 14.6. The summed E-state index contributed by atoms with van der Waals surface area (Å²) in [5, 5.41) is 3.00. The SMILES string of the molecule is COc1ccc2c(c1)CN(CC(=O)Nc1c(Br)cc(C)cc1Br)CC2. The molecule has 2 aromatic rings. The van der Waals surface area contributed by atoms with Crippen molar-refractivity contribution < 1.29 is 9.53 Å². The van der Waals surface area contributed by atoms with E-state index in [1.807, 2.05) is 25.1 Å². The average Bonchev–Trinajstić information content (AvgIpc) is 2.57. The van der Waals surface area contributed by atoms with Gasteiger partial charge in [0.05, 0.1) is 19.3 Å². The zero-order chi connectivity index (χ0) is 18.0. The van der Waals surface area contributed by atoms with Crippen LogP contribution in [0.2, 0.25) is 0 Å². The highest BCUT2D eigenvalue weighted by Gasteiger charge is 2.20. The molecule has 132 valence electrons. The van der Waals surface area contributed by atoms with Crippen molar-refractivity contribution >= 4 is 43.5 Å². The number of halogens is 2. The fourth-order valence-electron chi connectivity index (χ4n) is 3.06. The molecular formula is C19H20Br2N2O2. The standard InChI is InChI=1S/C19H20Br2N2O2/c1-12-7-16(20)19(17(21)8-12)22-18(24)11-23-6-5-13-3-4-15(25-2)9-14(13)10-23/h3-4,7-9H,5-6,10-11H2,1-2H3,(H,22,24). The number of methoxy groups -OCH3 is 1. The zero-order valence-electron chi connectivity index (χ0n) is 14.2. The number of aryl methyl sites for hydroxylation is 1. The topological polar surface area (TPSA) is 41.6 Å². The van der Waals surface area contributed by atoms with Gasteiger partial charge in [-0.2, -0.15) is 0 Å². The van der Waals surface area contributed by atoms with E-state index in [4.69, 9.17) is 4.74 Å². The summed E-state index contributed by atoms with van der Waals surface area (Å²) >= 11 is 7.03. The van der Waals surface area contributed by atoms with E-state index < -0.39 is 0 Å². The second-order valence-corrected chi connectivity index (χ2v) is 7.96. The van der Waals surface area contributed by atoms with Gasteiger partial charge in [-0.15, -0.1) is 0 Å². The van der Waals surface area contributed by atoms with Crippen LogP contribution in [0.15, 0.2) is 39.3 Å². The molecule has 2 aromatic carbocycles. The van der Waals surface area contributed by atoms with Gasteiger partial charge in [0, 0.05) is 22.0 Å². The van der Waals surface area contributed by atoms with E-state index in [1.165, 1.54) is 11.1 Å². The Bertz CT molecular complexity index is 785. The summed E-state index contributed by atoms with van der Waals surface area (Å²) in [6, 6.07) is 10.2. The lowest BCUT2D eigenvalue weighted by Crippen LogP contribution is -2.37. The number of nitrogens with zero attached hydrogens (tertiary/aromatic N) is 1. The second-order valence-electron chi connectivity index (χ2n) is 6.25. The fourth-order valence-corrected chi connectivity index (χ4v) is 4.67. The number of amides is 1. The first-order valence-electron chi connectivity index (χ1n) is 8.10. The van der Waals surface area contributed by atoms with Crippen molar-refractivity contribution in [1.29, 1.82) is 0 Å². The largest absolute Gasteiger partial charge is 0.497 e. The molecule has 0 fully saturated rings. The first kappa shape index (κ1) is 18.4. The third-order valence-corrected chi connectivity index (χ3v) is 5.57. The lowest BCUT2D eigenvalue weighted by molar-refractivity contribution is -0.117. The summed E-state index contributed by atoms with van der Waals surface area (Å²) in [7, 11) is 1.67. The van der Waals surface area contributed by atoms with Gasteiger partial charge in [-0.3, -0.25) is 9.69 Å². The molecule has 0 saturated heterocycles. The van der Waals surface area contributed by atoms with Crippen LogP contribution in [0.3, 0.4) is 0 Å². The van der Waals surface area contributed by atoms with Crippen molar-refractivity contribution in [3.05, 3.63) is 56.0 Å². The van der Waals surface area contributed by atoms with Gasteiger partial charge < -0.3 is 10.1 Å². The molecule has 0 unspecified atom stereocenters. The number of carbonyl (C=O) groups is 1. The number of hydrogen-bond donors (Lipinski definition) is 1. The maximum atomic E-state index is 12.5. The third kappa shape index (κ3) is 4.43. The van der Waals surface area contributed by atoms with E-state index in [9.17, 15) is 4.79 Å². The molecule has 1 aliphatic heterocycles. The molecule has 0 saturated carbocycles. The van der Waals surface area contributed by atoms with Gasteiger partial charge >= 0.3 is 0 Å². The number of anilines is 1. The normalized spacial score (nSPS) is 14.1. The average molecular weight is 468 g/mol. The number of rotatable bonds is 4. The minimum absolute atomic E-state index is 0.0170. The van der Waals surface area contributed by atoms with E-state index in [2.05, 4.69) is 54.2 Å². The first-order chi connectivity index (χ1) is 12.0. The van der Waals surface area contributed by atoms with Crippen molar-refractivity contribution in [2.24, 2.45) is 0 Å². The van der Waals surface area contributed by atoms with Crippen LogP contribution in [0.25, 0.3) is 0 Å². The molecule has 3 rings (SSSR count). The molecule has 0 atom stereocenters. The van der Waals surface area contributed by atoms with Gasteiger partial charge in [-0.25, -0.2) is 0 Å². The van der Waals surface area contributed by atoms with Gasteiger partial charge in [-0.1, -0.05) is 6.07 Å². The summed E-state index contributed by atoms with van der Waals surface area (Å²) in [5.41, 5.74) is 4.46. The number of benzene rings is 2. The van der Waals surface area contributed by atoms with Crippen LogP contribution in [0.5, 0.6) is 5.75 Å². The van der Waals surface area contributed by atoms with Crippen molar-refractivity contribution in [2.75, 3.05) is 25.5 Å². The van der Waals surface area contributed by atoms with Crippen LogP contribution in [0.1, 0.15) is 16.7 Å². The summed E-state index contributed by atoms with van der Waals surface area (Å²) in [6.45, 7) is 4.02. The first-order valence-corrected chi connectivity index (χ1v) is 9.68. The van der Waals surface area contributed by atoms with Crippen molar-refractivity contribution in [3.63, 3.8) is 0 Å². The van der Waals surface area contributed by atoms with E-state index in [0.717, 1.165) is 45.5 Å². The van der Waals surface area contributed by atoms with Gasteiger partial charge in [0.1, 0.15) is 5.75 Å². The zero-order valence-corrected chi connectivity index (χ0v) is 17.4. The lowest BCUT2D eigenvalue weighted by atomic mass is 9.99. The maximum Gasteiger partial charge on any atom is 0.238 e. The van der Waals surface area contributed by atoms with E-state index >= 15 is 0 Å². The molecule has 6 heteroatoms. The Labute approximate surface area is 164 Å². The quantitative estimate of drug-likeness (QED) is 0.718. The van der Waals surface area contributed by atoms with Gasteiger partial charge in [-0.05, 0) is 86.2 Å². The van der Waals surface area contributed by atoms with Crippen LogP contribution < -0.4 is 10.1 Å². The number of hydrogen-bond acceptors (Lipinski definition) is 3. The highest BCUT2D eigenvalue weighted by molar-refractivity contribution is 9.11. The second kappa shape index (κ2) is 7.89. The molecule has 0 aromatic heterocycles. The molecule has 1 N–H and O–H groups in total. The van der Waals surface area contributed by atoms with Crippen LogP contribution in [-0.2, 0) is 17.8 Å². The Morgan fingerprint density at radius 2 is 1.92 bits per heavy atom. The van der Waals surface area contributed by atoms with E-state index in [-0.39, 0.29) is 5.91 Å². The van der Waals surface area contributed by atoms with Crippen LogP contribution in [0, 0.1) is 6.92 Å². The summed E-state index contributed by atoms with van der Waals surface area (Å²) < 4.78 is 7.06. The predicted molar refractivity (Wildman–Crippen MR) is 107 cm³/mol. The van der Waals surface area contributed by atoms with Crippen molar-refractivity contribution in [3.8, 4) is 5.75 Å². The highest BCUT2D eigenvalue weighted by atomic mass is 79.9. The molecular weight excluding hydrogens is 448 g/mol. The lowest BCUT2D eigenvalue weighted by Gasteiger charge is -2.28. The Balaban J connectivity index is 1.66.